The third kappa shape index (κ3) is 5.14. The van der Waals surface area contributed by atoms with Crippen LogP contribution in [-0.4, -0.2) is 57.4 Å². The molecule has 2 saturated heterocycles. The lowest BCUT2D eigenvalue weighted by atomic mass is 10.1. The average Bonchev–Trinajstić information content (AvgIpc) is 3.16. The zero-order valence-electron chi connectivity index (χ0n) is 14.6. The number of aliphatic hydroxyl groups is 1. The van der Waals surface area contributed by atoms with Crippen LogP contribution in [0, 0.1) is 0 Å². The molecule has 1 unspecified atom stereocenters. The summed E-state index contributed by atoms with van der Waals surface area (Å²) in [6.45, 7) is 2.93. The van der Waals surface area contributed by atoms with Gasteiger partial charge in [-0.3, -0.25) is 4.68 Å². The van der Waals surface area contributed by atoms with Gasteiger partial charge in [-0.15, -0.1) is 0 Å². The fraction of sp³-hybridized carbons (Fsp3) is 0.588. The Labute approximate surface area is 157 Å². The summed E-state index contributed by atoms with van der Waals surface area (Å²) in [6, 6.07) is 0.375. The second kappa shape index (κ2) is 9.27. The van der Waals surface area contributed by atoms with Crippen molar-refractivity contribution in [2.24, 2.45) is 0 Å². The fourth-order valence-electron chi connectivity index (χ4n) is 2.92. The Morgan fingerprint density at radius 3 is 2.62 bits per heavy atom. The number of hydrogen-bond acceptors (Lipinski definition) is 7. The Morgan fingerprint density at radius 1 is 1.15 bits per heavy atom. The summed E-state index contributed by atoms with van der Waals surface area (Å²) in [6.07, 6.45) is 8.90. The van der Waals surface area contributed by atoms with Crippen LogP contribution in [0.3, 0.4) is 0 Å². The van der Waals surface area contributed by atoms with Gasteiger partial charge < -0.3 is 20.3 Å². The van der Waals surface area contributed by atoms with Crippen molar-refractivity contribution in [1.29, 1.82) is 0 Å². The minimum Gasteiger partial charge on any atom is -0.391 e. The second-order valence-electron chi connectivity index (χ2n) is 6.35. The molecule has 4 heterocycles. The lowest BCUT2D eigenvalue weighted by Crippen LogP contribution is -2.21. The van der Waals surface area contributed by atoms with Gasteiger partial charge in [-0.05, 0) is 25.7 Å². The topological polar surface area (TPSA) is 108 Å². The third-order valence-electron chi connectivity index (χ3n) is 4.34. The quantitative estimate of drug-likeness (QED) is 0.819. The molecule has 0 radical (unpaired) electrons. The van der Waals surface area contributed by atoms with E-state index in [9.17, 15) is 0 Å². The van der Waals surface area contributed by atoms with Gasteiger partial charge in [0.05, 0.1) is 41.9 Å². The molecule has 8 nitrogen and oxygen atoms in total. The molecule has 0 saturated carbocycles. The van der Waals surface area contributed by atoms with Crippen molar-refractivity contribution in [3.63, 3.8) is 0 Å². The van der Waals surface area contributed by atoms with Crippen molar-refractivity contribution in [2.75, 3.05) is 32.2 Å². The molecule has 2 aromatic rings. The van der Waals surface area contributed by atoms with Crippen molar-refractivity contribution >= 4 is 17.5 Å². The number of aromatic nitrogens is 4. The number of nitrogens with zero attached hydrogens (tertiary/aromatic N) is 4. The van der Waals surface area contributed by atoms with E-state index in [-0.39, 0.29) is 12.1 Å². The van der Waals surface area contributed by atoms with Crippen LogP contribution in [0.2, 0.25) is 5.02 Å². The zero-order valence-corrected chi connectivity index (χ0v) is 15.3. The lowest BCUT2D eigenvalue weighted by Gasteiger charge is -2.22. The van der Waals surface area contributed by atoms with Gasteiger partial charge in [-0.25, -0.2) is 9.97 Å². The van der Waals surface area contributed by atoms with Crippen molar-refractivity contribution in [3.05, 3.63) is 23.6 Å². The molecule has 9 heteroatoms. The zero-order chi connectivity index (χ0) is 18.4. The van der Waals surface area contributed by atoms with Crippen molar-refractivity contribution < 1.29 is 14.6 Å². The highest BCUT2D eigenvalue weighted by molar-refractivity contribution is 6.32. The molecule has 2 fully saturated rings. The van der Waals surface area contributed by atoms with E-state index in [1.165, 1.54) is 6.20 Å². The molecule has 1 atom stereocenters. The first-order chi connectivity index (χ1) is 12.6. The molecule has 142 valence electrons. The number of halogens is 1. The van der Waals surface area contributed by atoms with Crippen molar-refractivity contribution in [2.45, 2.75) is 37.8 Å². The highest BCUT2D eigenvalue weighted by Crippen LogP contribution is 2.27. The maximum Gasteiger partial charge on any atom is 0.220 e. The van der Waals surface area contributed by atoms with Gasteiger partial charge >= 0.3 is 0 Å². The number of anilines is 1. The van der Waals surface area contributed by atoms with E-state index >= 15 is 0 Å². The highest BCUT2D eigenvalue weighted by Gasteiger charge is 2.18. The maximum absolute atomic E-state index is 8.78. The van der Waals surface area contributed by atoms with Crippen LogP contribution in [-0.2, 0) is 9.47 Å². The summed E-state index contributed by atoms with van der Waals surface area (Å²) < 4.78 is 12.2. The summed E-state index contributed by atoms with van der Waals surface area (Å²) in [7, 11) is 0. The number of nitrogen functional groups attached to an aromatic ring is 1. The van der Waals surface area contributed by atoms with E-state index in [2.05, 4.69) is 15.1 Å². The van der Waals surface area contributed by atoms with Gasteiger partial charge in [-0.1, -0.05) is 11.6 Å². The standard InChI is InChI=1S/C12H14ClN5O.C5H10O2/c13-10-6-15-12(14)17-11(10)8-5-16-18(7-8)9-1-3-19-4-2-9;6-5-2-1-3-7-4-5/h5-7,9H,1-4H2,(H2,14,15,17);5-6H,1-4H2. The van der Waals surface area contributed by atoms with E-state index in [1.54, 1.807) is 6.20 Å². The maximum atomic E-state index is 8.78. The summed E-state index contributed by atoms with van der Waals surface area (Å²) >= 11 is 6.09. The van der Waals surface area contributed by atoms with E-state index in [1.807, 2.05) is 10.9 Å². The molecule has 0 aliphatic carbocycles. The summed E-state index contributed by atoms with van der Waals surface area (Å²) in [5.41, 5.74) is 7.06. The van der Waals surface area contributed by atoms with Crippen LogP contribution >= 0.6 is 11.6 Å². The van der Waals surface area contributed by atoms with Gasteiger partial charge in [0.15, 0.2) is 0 Å². The van der Waals surface area contributed by atoms with Crippen LogP contribution < -0.4 is 5.73 Å². The molecular weight excluding hydrogens is 358 g/mol. The highest BCUT2D eigenvalue weighted by atomic mass is 35.5. The predicted molar refractivity (Wildman–Crippen MR) is 97.8 cm³/mol. The van der Waals surface area contributed by atoms with Gasteiger partial charge in [0, 0.05) is 31.6 Å². The SMILES string of the molecule is Nc1ncc(Cl)c(-c2cnn(C3CCOCC3)c2)n1.OC1CCCOC1. The molecule has 3 N–H and O–H groups in total. The van der Waals surface area contributed by atoms with Crippen LogP contribution in [0.5, 0.6) is 0 Å². The van der Waals surface area contributed by atoms with E-state index in [0.29, 0.717) is 23.4 Å². The molecule has 26 heavy (non-hydrogen) atoms. The molecule has 0 bridgehead atoms. The third-order valence-corrected chi connectivity index (χ3v) is 4.62. The van der Waals surface area contributed by atoms with Gasteiger partial charge in [-0.2, -0.15) is 5.10 Å². The number of ether oxygens (including phenoxy) is 2. The molecule has 0 aromatic carbocycles. The van der Waals surface area contributed by atoms with E-state index in [0.717, 1.165) is 51.1 Å². The number of nitrogens with two attached hydrogens (primary N) is 1. The predicted octanol–water partition coefficient (Wildman–Crippen LogP) is 2.08. The number of rotatable bonds is 2. The minimum absolute atomic E-state index is 0.186. The van der Waals surface area contributed by atoms with Crippen LogP contribution in [0.1, 0.15) is 31.7 Å². The first kappa shape index (κ1) is 19.0. The first-order valence-corrected chi connectivity index (χ1v) is 9.17. The van der Waals surface area contributed by atoms with Crippen LogP contribution in [0.25, 0.3) is 11.3 Å². The molecule has 0 spiro atoms. The Morgan fingerprint density at radius 2 is 1.96 bits per heavy atom. The van der Waals surface area contributed by atoms with E-state index in [4.69, 9.17) is 31.9 Å². The molecule has 0 amide bonds. The molecular formula is C17H24ClN5O3. The number of hydrogen-bond donors (Lipinski definition) is 2. The average molecular weight is 382 g/mol. The molecule has 4 rings (SSSR count). The fourth-order valence-corrected chi connectivity index (χ4v) is 3.12. The van der Waals surface area contributed by atoms with Gasteiger partial charge in [0.25, 0.3) is 0 Å². The number of aliphatic hydroxyl groups excluding tert-OH is 1. The normalized spacial score (nSPS) is 21.1. The first-order valence-electron chi connectivity index (χ1n) is 8.79. The van der Waals surface area contributed by atoms with Gasteiger partial charge in [0.2, 0.25) is 5.95 Å². The molecule has 2 aliphatic heterocycles. The summed E-state index contributed by atoms with van der Waals surface area (Å²) in [4.78, 5) is 8.01. The monoisotopic (exact) mass is 381 g/mol. The largest absolute Gasteiger partial charge is 0.391 e. The Balaban J connectivity index is 0.000000236. The van der Waals surface area contributed by atoms with Crippen molar-refractivity contribution in [3.8, 4) is 11.3 Å². The smallest absolute Gasteiger partial charge is 0.220 e. The second-order valence-corrected chi connectivity index (χ2v) is 6.76. The minimum atomic E-state index is -0.186. The summed E-state index contributed by atoms with van der Waals surface area (Å²) in [5, 5.41) is 13.6. The van der Waals surface area contributed by atoms with Crippen LogP contribution in [0.4, 0.5) is 5.95 Å². The molecule has 2 aliphatic rings. The summed E-state index contributed by atoms with van der Waals surface area (Å²) in [5.74, 6) is 0.207. The Kier molecular flexibility index (Phi) is 6.79. The van der Waals surface area contributed by atoms with Crippen molar-refractivity contribution in [1.82, 2.24) is 19.7 Å². The van der Waals surface area contributed by atoms with E-state index < -0.39 is 0 Å². The Bertz CT molecular complexity index is 699. The lowest BCUT2D eigenvalue weighted by molar-refractivity contribution is -0.00535. The molecule has 2 aromatic heterocycles. The van der Waals surface area contributed by atoms with Crippen LogP contribution in [0.15, 0.2) is 18.6 Å². The van der Waals surface area contributed by atoms with Gasteiger partial charge in [0.1, 0.15) is 0 Å². The Hall–Kier alpha value is -1.74.